The van der Waals surface area contributed by atoms with Crippen LogP contribution in [0.5, 0.6) is 0 Å². The van der Waals surface area contributed by atoms with Gasteiger partial charge in [-0.05, 0) is 42.8 Å². The molecule has 0 fully saturated rings. The normalized spacial score (nSPS) is 16.7. The zero-order valence-electron chi connectivity index (χ0n) is 13.5. The van der Waals surface area contributed by atoms with Crippen LogP contribution in [0.15, 0.2) is 48.2 Å². The predicted octanol–water partition coefficient (Wildman–Crippen LogP) is 2.81. The molecular weight excluding hydrogens is 324 g/mol. The molecule has 24 heavy (non-hydrogen) atoms. The molecule has 2 aromatic rings. The second kappa shape index (κ2) is 6.73. The summed E-state index contributed by atoms with van der Waals surface area (Å²) in [6.45, 7) is 3.14. The molecule has 2 aromatic carbocycles. The van der Waals surface area contributed by atoms with Crippen LogP contribution in [0.25, 0.3) is 5.70 Å². The number of aliphatic hydroxyl groups excluding tert-OH is 1. The van der Waals surface area contributed by atoms with Crippen molar-refractivity contribution in [1.29, 1.82) is 0 Å². The van der Waals surface area contributed by atoms with Gasteiger partial charge in [-0.15, -0.1) is 0 Å². The van der Waals surface area contributed by atoms with Crippen LogP contribution in [0.4, 0.5) is 11.4 Å². The van der Waals surface area contributed by atoms with Crippen molar-refractivity contribution < 1.29 is 5.11 Å². The van der Waals surface area contributed by atoms with E-state index in [1.165, 1.54) is 0 Å². The second-order valence-corrected chi connectivity index (χ2v) is 6.30. The zero-order chi connectivity index (χ0) is 17.3. The Morgan fingerprint density at radius 3 is 2.50 bits per heavy atom. The van der Waals surface area contributed by atoms with Gasteiger partial charge in [-0.3, -0.25) is 0 Å². The molecule has 0 aliphatic carbocycles. The van der Waals surface area contributed by atoms with E-state index in [1.54, 1.807) is 5.01 Å². The molecule has 0 atom stereocenters. The summed E-state index contributed by atoms with van der Waals surface area (Å²) in [5, 5.41) is 11.9. The van der Waals surface area contributed by atoms with Crippen LogP contribution < -0.4 is 16.5 Å². The molecule has 126 valence electrons. The van der Waals surface area contributed by atoms with Gasteiger partial charge in [-0.1, -0.05) is 23.7 Å². The molecule has 5 nitrogen and oxygen atoms in total. The van der Waals surface area contributed by atoms with Crippen LogP contribution in [0.3, 0.4) is 0 Å². The maximum Gasteiger partial charge on any atom is 0.0795 e. The molecule has 6 heteroatoms. The van der Waals surface area contributed by atoms with Gasteiger partial charge in [0.1, 0.15) is 0 Å². The van der Waals surface area contributed by atoms with Gasteiger partial charge in [-0.25, -0.2) is 5.84 Å². The van der Waals surface area contributed by atoms with E-state index >= 15 is 0 Å². The number of aliphatic hydroxyl groups is 1. The SMILES string of the molecule is C/C(N)=C1\c2ccc(CO)cc2N(c2ccc(Cl)cc2)CCN1N. The van der Waals surface area contributed by atoms with Crippen molar-refractivity contribution in [2.45, 2.75) is 13.5 Å². The maximum absolute atomic E-state index is 9.52. The summed E-state index contributed by atoms with van der Waals surface area (Å²) >= 11 is 6.01. The smallest absolute Gasteiger partial charge is 0.0795 e. The highest BCUT2D eigenvalue weighted by molar-refractivity contribution is 6.30. The Hall–Kier alpha value is -2.21. The number of halogens is 1. The highest BCUT2D eigenvalue weighted by Gasteiger charge is 2.24. The average Bonchev–Trinajstić information content (AvgIpc) is 2.71. The van der Waals surface area contributed by atoms with E-state index in [9.17, 15) is 5.11 Å². The first-order chi connectivity index (χ1) is 11.5. The number of fused-ring (bicyclic) bond motifs is 1. The van der Waals surface area contributed by atoms with Crippen molar-refractivity contribution >= 4 is 28.7 Å². The largest absolute Gasteiger partial charge is 0.401 e. The van der Waals surface area contributed by atoms with Crippen molar-refractivity contribution in [3.05, 3.63) is 64.3 Å². The van der Waals surface area contributed by atoms with Gasteiger partial charge < -0.3 is 20.7 Å². The molecule has 0 radical (unpaired) electrons. The van der Waals surface area contributed by atoms with Crippen LogP contribution in [0.2, 0.25) is 5.02 Å². The molecule has 1 heterocycles. The first-order valence-electron chi connectivity index (χ1n) is 7.77. The molecule has 0 aromatic heterocycles. The number of hydrogen-bond acceptors (Lipinski definition) is 5. The fourth-order valence-corrected chi connectivity index (χ4v) is 3.15. The first kappa shape index (κ1) is 16.6. The maximum atomic E-state index is 9.52. The Bertz CT molecular complexity index is 769. The van der Waals surface area contributed by atoms with Crippen LogP contribution in [-0.4, -0.2) is 23.2 Å². The standard InChI is InChI=1S/C18H21ClN4O/c1-12(20)18-16-7-2-13(11-24)10-17(16)22(8-9-23(18)21)15-5-3-14(19)4-6-15/h2-7,10,24H,8-9,11,20-21H2,1H3/b18-12-. The Kier molecular flexibility index (Phi) is 4.66. The number of rotatable bonds is 2. The van der Waals surface area contributed by atoms with Gasteiger partial charge in [0.15, 0.2) is 0 Å². The number of allylic oxidation sites excluding steroid dienone is 1. The lowest BCUT2D eigenvalue weighted by molar-refractivity contribution is 0.282. The first-order valence-corrected chi connectivity index (χ1v) is 8.15. The number of hydrogen-bond donors (Lipinski definition) is 3. The van der Waals surface area contributed by atoms with Crippen molar-refractivity contribution in [2.24, 2.45) is 11.6 Å². The van der Waals surface area contributed by atoms with Gasteiger partial charge in [0.05, 0.1) is 24.5 Å². The Labute approximate surface area is 146 Å². The van der Waals surface area contributed by atoms with Gasteiger partial charge in [0, 0.05) is 28.5 Å². The molecule has 0 saturated carbocycles. The molecule has 0 bridgehead atoms. The van der Waals surface area contributed by atoms with Crippen molar-refractivity contribution in [3.63, 3.8) is 0 Å². The zero-order valence-corrected chi connectivity index (χ0v) is 14.3. The van der Waals surface area contributed by atoms with Crippen molar-refractivity contribution in [1.82, 2.24) is 5.01 Å². The van der Waals surface area contributed by atoms with Crippen LogP contribution in [0, 0.1) is 0 Å². The minimum atomic E-state index is -0.0191. The quantitative estimate of drug-likeness (QED) is 0.730. The fourth-order valence-electron chi connectivity index (χ4n) is 3.02. The minimum Gasteiger partial charge on any atom is -0.401 e. The Morgan fingerprint density at radius 1 is 1.17 bits per heavy atom. The Morgan fingerprint density at radius 2 is 1.88 bits per heavy atom. The van der Waals surface area contributed by atoms with E-state index in [2.05, 4.69) is 4.90 Å². The third-order valence-corrected chi connectivity index (χ3v) is 4.41. The molecule has 1 aliphatic rings. The third kappa shape index (κ3) is 3.06. The summed E-state index contributed by atoms with van der Waals surface area (Å²) < 4.78 is 0. The second-order valence-electron chi connectivity index (χ2n) is 5.86. The van der Waals surface area contributed by atoms with E-state index in [1.807, 2.05) is 49.4 Å². The summed E-state index contributed by atoms with van der Waals surface area (Å²) in [5.41, 5.74) is 11.3. The topological polar surface area (TPSA) is 78.8 Å². The van der Waals surface area contributed by atoms with Crippen molar-refractivity contribution in [3.8, 4) is 0 Å². The number of benzene rings is 2. The molecule has 5 N–H and O–H groups in total. The number of nitrogens with zero attached hydrogens (tertiary/aromatic N) is 2. The molecule has 0 amide bonds. The number of nitrogens with two attached hydrogens (primary N) is 2. The molecule has 1 aliphatic heterocycles. The van der Waals surface area contributed by atoms with E-state index in [-0.39, 0.29) is 6.61 Å². The van der Waals surface area contributed by atoms with E-state index in [0.717, 1.165) is 28.2 Å². The Balaban J connectivity index is 2.20. The summed E-state index contributed by atoms with van der Waals surface area (Å²) in [7, 11) is 0. The third-order valence-electron chi connectivity index (χ3n) is 4.15. The molecular formula is C18H21ClN4O. The summed E-state index contributed by atoms with van der Waals surface area (Å²) in [6.07, 6.45) is 0. The molecule has 0 unspecified atom stereocenters. The summed E-state index contributed by atoms with van der Waals surface area (Å²) in [6, 6.07) is 13.5. The predicted molar refractivity (Wildman–Crippen MR) is 98.5 cm³/mol. The highest BCUT2D eigenvalue weighted by atomic mass is 35.5. The average molecular weight is 345 g/mol. The van der Waals surface area contributed by atoms with E-state index in [4.69, 9.17) is 23.2 Å². The van der Waals surface area contributed by atoms with Crippen molar-refractivity contribution in [2.75, 3.05) is 18.0 Å². The van der Waals surface area contributed by atoms with Crippen LogP contribution in [-0.2, 0) is 6.61 Å². The summed E-state index contributed by atoms with van der Waals surface area (Å²) in [5.74, 6) is 6.23. The van der Waals surface area contributed by atoms with Crippen LogP contribution >= 0.6 is 11.6 Å². The lowest BCUT2D eigenvalue weighted by Gasteiger charge is -2.25. The lowest BCUT2D eigenvalue weighted by Crippen LogP contribution is -2.34. The highest BCUT2D eigenvalue weighted by Crippen LogP contribution is 2.37. The fraction of sp³-hybridized carbons (Fsp3) is 0.222. The van der Waals surface area contributed by atoms with E-state index < -0.39 is 0 Å². The molecule has 3 rings (SSSR count). The number of anilines is 2. The monoisotopic (exact) mass is 344 g/mol. The van der Waals surface area contributed by atoms with Gasteiger partial charge >= 0.3 is 0 Å². The van der Waals surface area contributed by atoms with E-state index in [0.29, 0.717) is 23.8 Å². The van der Waals surface area contributed by atoms with Gasteiger partial charge in [0.2, 0.25) is 0 Å². The molecule has 0 spiro atoms. The van der Waals surface area contributed by atoms with Gasteiger partial charge in [-0.2, -0.15) is 0 Å². The van der Waals surface area contributed by atoms with Gasteiger partial charge in [0.25, 0.3) is 0 Å². The number of hydrazine groups is 1. The lowest BCUT2D eigenvalue weighted by atomic mass is 10.0. The summed E-state index contributed by atoms with van der Waals surface area (Å²) in [4.78, 5) is 2.17. The van der Waals surface area contributed by atoms with Crippen LogP contribution in [0.1, 0.15) is 18.1 Å². The minimum absolute atomic E-state index is 0.0191. The molecule has 0 saturated heterocycles.